The lowest BCUT2D eigenvalue weighted by Gasteiger charge is -2.10. The van der Waals surface area contributed by atoms with Gasteiger partial charge in [-0.1, -0.05) is 18.2 Å². The molecule has 2 aromatic carbocycles. The van der Waals surface area contributed by atoms with Gasteiger partial charge in [-0.3, -0.25) is 4.79 Å². The maximum absolute atomic E-state index is 12.4. The lowest BCUT2D eigenvalue weighted by atomic mass is 10.1. The number of rotatable bonds is 6. The van der Waals surface area contributed by atoms with Crippen LogP contribution in [0.5, 0.6) is 5.75 Å². The molecule has 0 aliphatic heterocycles. The van der Waals surface area contributed by atoms with E-state index in [9.17, 15) is 14.9 Å². The average Bonchev–Trinajstić information content (AvgIpc) is 2.62. The van der Waals surface area contributed by atoms with Gasteiger partial charge in [-0.15, -0.1) is 0 Å². The van der Waals surface area contributed by atoms with Crippen LogP contribution in [0.4, 0.5) is 5.69 Å². The number of amides is 1. The van der Waals surface area contributed by atoms with Crippen molar-refractivity contribution >= 4 is 46.2 Å². The van der Waals surface area contributed by atoms with Crippen LogP contribution in [0.2, 0.25) is 0 Å². The number of aryl methyl sites for hydroxylation is 1. The van der Waals surface area contributed by atoms with E-state index < -0.39 is 18.5 Å². The Kier molecular flexibility index (Phi) is 6.96. The van der Waals surface area contributed by atoms with Gasteiger partial charge in [0.25, 0.3) is 5.91 Å². The molecule has 0 atom stereocenters. The van der Waals surface area contributed by atoms with E-state index in [2.05, 4.69) is 5.32 Å². The first-order valence-electron chi connectivity index (χ1n) is 7.95. The number of anilines is 1. The Morgan fingerprint density at radius 2 is 2.04 bits per heavy atom. The largest absolute Gasteiger partial charge is 0.481 e. The van der Waals surface area contributed by atoms with Gasteiger partial charge >= 0.3 is 5.97 Å². The molecule has 2 aromatic rings. The van der Waals surface area contributed by atoms with Crippen molar-refractivity contribution in [2.75, 3.05) is 11.9 Å². The summed E-state index contributed by atoms with van der Waals surface area (Å²) in [5.74, 6) is -1.13. The first-order valence-corrected chi connectivity index (χ1v) is 9.03. The van der Waals surface area contributed by atoms with Crippen LogP contribution in [0.3, 0.4) is 0 Å². The topological polar surface area (TPSA) is 99.4 Å². The molecule has 6 nitrogen and oxygen atoms in total. The lowest BCUT2D eigenvalue weighted by molar-refractivity contribution is -0.139. The Labute approximate surface area is 170 Å². The molecule has 7 heteroatoms. The summed E-state index contributed by atoms with van der Waals surface area (Å²) >= 11 is 2.00. The number of aliphatic carboxylic acids is 1. The molecule has 0 fully saturated rings. The number of carbonyl (C=O) groups excluding carboxylic acids is 1. The number of nitriles is 1. The normalized spacial score (nSPS) is 10.8. The summed E-state index contributed by atoms with van der Waals surface area (Å²) in [7, 11) is 0. The van der Waals surface area contributed by atoms with E-state index in [1.165, 1.54) is 6.08 Å². The number of halogens is 1. The van der Waals surface area contributed by atoms with Crippen molar-refractivity contribution in [1.82, 2.24) is 0 Å². The third-order valence-electron chi connectivity index (χ3n) is 3.84. The summed E-state index contributed by atoms with van der Waals surface area (Å²) in [6.07, 6.45) is 1.48. The lowest BCUT2D eigenvalue weighted by Crippen LogP contribution is -2.14. The van der Waals surface area contributed by atoms with Crippen LogP contribution in [0.1, 0.15) is 16.7 Å². The molecule has 138 valence electrons. The SMILES string of the molecule is Cc1cccc(NC(=O)/C(C#N)=C/c2ccc(OCC(=O)O)c(I)c2)c1C. The van der Waals surface area contributed by atoms with E-state index in [-0.39, 0.29) is 5.57 Å². The van der Waals surface area contributed by atoms with Crippen LogP contribution in [-0.4, -0.2) is 23.6 Å². The van der Waals surface area contributed by atoms with Crippen LogP contribution in [0.25, 0.3) is 6.08 Å². The fourth-order valence-corrected chi connectivity index (χ4v) is 2.95. The number of ether oxygens (including phenoxy) is 1. The van der Waals surface area contributed by atoms with Gasteiger partial charge in [0.1, 0.15) is 17.4 Å². The van der Waals surface area contributed by atoms with Crippen LogP contribution < -0.4 is 10.1 Å². The van der Waals surface area contributed by atoms with Gasteiger partial charge in [-0.2, -0.15) is 5.26 Å². The maximum Gasteiger partial charge on any atom is 0.341 e. The second-order valence-electron chi connectivity index (χ2n) is 5.74. The van der Waals surface area contributed by atoms with Crippen molar-refractivity contribution in [3.05, 3.63) is 62.2 Å². The third kappa shape index (κ3) is 5.56. The quantitative estimate of drug-likeness (QED) is 0.374. The molecule has 0 saturated heterocycles. The molecule has 1 amide bonds. The fraction of sp³-hybridized carbons (Fsp3) is 0.150. The van der Waals surface area contributed by atoms with E-state index in [4.69, 9.17) is 9.84 Å². The van der Waals surface area contributed by atoms with Crippen LogP contribution in [-0.2, 0) is 9.59 Å². The fourth-order valence-electron chi connectivity index (χ4n) is 2.25. The summed E-state index contributed by atoms with van der Waals surface area (Å²) < 4.78 is 5.84. The minimum atomic E-state index is -1.07. The van der Waals surface area contributed by atoms with E-state index >= 15 is 0 Å². The molecule has 0 saturated carbocycles. The van der Waals surface area contributed by atoms with Gasteiger partial charge in [0.15, 0.2) is 6.61 Å². The van der Waals surface area contributed by atoms with Gasteiger partial charge < -0.3 is 15.2 Å². The molecule has 2 N–H and O–H groups in total. The highest BCUT2D eigenvalue weighted by Crippen LogP contribution is 2.24. The molecule has 0 spiro atoms. The Morgan fingerprint density at radius 1 is 1.30 bits per heavy atom. The Morgan fingerprint density at radius 3 is 2.67 bits per heavy atom. The number of carbonyl (C=O) groups is 2. The third-order valence-corrected chi connectivity index (χ3v) is 4.68. The van der Waals surface area contributed by atoms with Crippen molar-refractivity contribution in [1.29, 1.82) is 5.26 Å². The second-order valence-corrected chi connectivity index (χ2v) is 6.91. The Bertz CT molecular complexity index is 961. The molecular formula is C20H17IN2O4. The van der Waals surface area contributed by atoms with Crippen molar-refractivity contribution in [3.63, 3.8) is 0 Å². The number of hydrogen-bond donors (Lipinski definition) is 2. The number of carboxylic acids is 1. The van der Waals surface area contributed by atoms with Crippen molar-refractivity contribution < 1.29 is 19.4 Å². The summed E-state index contributed by atoms with van der Waals surface area (Å²) in [5.41, 5.74) is 3.24. The standard InChI is InChI=1S/C20H17IN2O4/c1-12-4-3-5-17(13(12)2)23-20(26)15(10-22)8-14-6-7-18(16(21)9-14)27-11-19(24)25/h3-9H,11H2,1-2H3,(H,23,26)(H,24,25)/b15-8+. The predicted octanol–water partition coefficient (Wildman–Crippen LogP) is 3.92. The molecule has 0 radical (unpaired) electrons. The number of nitrogens with zero attached hydrogens (tertiary/aromatic N) is 1. The Hall–Kier alpha value is -2.86. The number of benzene rings is 2. The van der Waals surface area contributed by atoms with E-state index in [0.717, 1.165) is 11.1 Å². The first-order chi connectivity index (χ1) is 12.8. The molecular weight excluding hydrogens is 459 g/mol. The minimum absolute atomic E-state index is 0.0362. The zero-order valence-electron chi connectivity index (χ0n) is 14.7. The van der Waals surface area contributed by atoms with Crippen LogP contribution in [0.15, 0.2) is 42.0 Å². The monoisotopic (exact) mass is 476 g/mol. The number of hydrogen-bond acceptors (Lipinski definition) is 4. The molecule has 0 aromatic heterocycles. The predicted molar refractivity (Wildman–Crippen MR) is 110 cm³/mol. The molecule has 27 heavy (non-hydrogen) atoms. The molecule has 0 bridgehead atoms. The second kappa shape index (κ2) is 9.19. The summed E-state index contributed by atoms with van der Waals surface area (Å²) in [5, 5.41) is 20.8. The molecule has 0 aliphatic rings. The zero-order chi connectivity index (χ0) is 20.0. The molecule has 0 unspecified atom stereocenters. The smallest absolute Gasteiger partial charge is 0.341 e. The van der Waals surface area contributed by atoms with Crippen LogP contribution >= 0.6 is 22.6 Å². The minimum Gasteiger partial charge on any atom is -0.481 e. The number of carboxylic acid groups (broad SMARTS) is 1. The average molecular weight is 476 g/mol. The highest BCUT2D eigenvalue weighted by molar-refractivity contribution is 14.1. The van der Waals surface area contributed by atoms with Gasteiger partial charge in [-0.05, 0) is 77.4 Å². The van der Waals surface area contributed by atoms with Gasteiger partial charge in [0.05, 0.1) is 3.57 Å². The van der Waals surface area contributed by atoms with E-state index in [1.807, 2.05) is 54.6 Å². The molecule has 0 aliphatic carbocycles. The first kappa shape index (κ1) is 20.5. The van der Waals surface area contributed by atoms with E-state index in [1.54, 1.807) is 24.3 Å². The highest BCUT2D eigenvalue weighted by atomic mass is 127. The van der Waals surface area contributed by atoms with Gasteiger partial charge in [0, 0.05) is 5.69 Å². The van der Waals surface area contributed by atoms with Crippen LogP contribution in [0, 0.1) is 28.7 Å². The summed E-state index contributed by atoms with van der Waals surface area (Å²) in [6, 6.07) is 12.5. The Balaban J connectivity index is 2.21. The van der Waals surface area contributed by atoms with Crippen molar-refractivity contribution in [2.24, 2.45) is 0 Å². The summed E-state index contributed by atoms with van der Waals surface area (Å²) in [4.78, 5) is 23.0. The van der Waals surface area contributed by atoms with Gasteiger partial charge in [0.2, 0.25) is 0 Å². The maximum atomic E-state index is 12.4. The molecule has 2 rings (SSSR count). The molecule has 0 heterocycles. The van der Waals surface area contributed by atoms with E-state index in [0.29, 0.717) is 20.6 Å². The summed E-state index contributed by atoms with van der Waals surface area (Å²) in [6.45, 7) is 3.41. The van der Waals surface area contributed by atoms with Gasteiger partial charge in [-0.25, -0.2) is 4.79 Å². The number of nitrogens with one attached hydrogen (secondary N) is 1. The highest BCUT2D eigenvalue weighted by Gasteiger charge is 2.12. The van der Waals surface area contributed by atoms with Crippen molar-refractivity contribution in [2.45, 2.75) is 13.8 Å². The van der Waals surface area contributed by atoms with Crippen molar-refractivity contribution in [3.8, 4) is 11.8 Å². The zero-order valence-corrected chi connectivity index (χ0v) is 16.9.